The van der Waals surface area contributed by atoms with Gasteiger partial charge in [0.1, 0.15) is 11.9 Å². The minimum Gasteiger partial charge on any atom is -0.462 e. The van der Waals surface area contributed by atoms with Crippen molar-refractivity contribution < 1.29 is 18.7 Å². The highest BCUT2D eigenvalue weighted by atomic mass is 19.1. The van der Waals surface area contributed by atoms with E-state index in [0.717, 1.165) is 5.56 Å². The van der Waals surface area contributed by atoms with Crippen molar-refractivity contribution in [2.45, 2.75) is 25.4 Å². The second kappa shape index (κ2) is 8.07. The van der Waals surface area contributed by atoms with E-state index in [9.17, 15) is 14.0 Å². The molecule has 7 heteroatoms. The fourth-order valence-corrected chi connectivity index (χ4v) is 2.81. The van der Waals surface area contributed by atoms with E-state index in [1.807, 2.05) is 0 Å². The van der Waals surface area contributed by atoms with E-state index in [1.165, 1.54) is 12.1 Å². The molecule has 1 aliphatic heterocycles. The van der Waals surface area contributed by atoms with Gasteiger partial charge in [0.15, 0.2) is 0 Å². The number of hydrogen-bond acceptors (Lipinski definition) is 5. The number of esters is 1. The first kappa shape index (κ1) is 18.0. The molecular weight excluding hydrogens is 337 g/mol. The second-order valence-electron chi connectivity index (χ2n) is 5.97. The molecule has 2 aromatic carbocycles. The Morgan fingerprint density at radius 3 is 2.69 bits per heavy atom. The van der Waals surface area contributed by atoms with E-state index < -0.39 is 12.0 Å². The van der Waals surface area contributed by atoms with Crippen LogP contribution < -0.4 is 16.2 Å². The highest BCUT2D eigenvalue weighted by molar-refractivity contribution is 5.97. The Kier molecular flexibility index (Phi) is 5.60. The number of benzene rings is 2. The first-order chi connectivity index (χ1) is 12.6. The average Bonchev–Trinajstić information content (AvgIpc) is 3.13. The maximum absolute atomic E-state index is 13.0. The second-order valence-corrected chi connectivity index (χ2v) is 5.97. The van der Waals surface area contributed by atoms with Gasteiger partial charge in [-0.05, 0) is 49.2 Å². The van der Waals surface area contributed by atoms with Crippen LogP contribution in [0.5, 0.6) is 0 Å². The lowest BCUT2D eigenvalue weighted by molar-refractivity contribution is -0.117. The predicted molar refractivity (Wildman–Crippen MR) is 94.8 cm³/mol. The summed E-state index contributed by atoms with van der Waals surface area (Å²) in [6, 6.07) is 12.2. The summed E-state index contributed by atoms with van der Waals surface area (Å²) in [4.78, 5) is 24.2. The summed E-state index contributed by atoms with van der Waals surface area (Å²) in [6.07, 6.45) is 0.523. The molecule has 0 aliphatic carbocycles. The smallest absolute Gasteiger partial charge is 0.338 e. The summed E-state index contributed by atoms with van der Waals surface area (Å²) in [7, 11) is 0. The summed E-state index contributed by atoms with van der Waals surface area (Å²) in [5.74, 6) is -0.945. The molecule has 0 bridgehead atoms. The molecule has 1 amide bonds. The van der Waals surface area contributed by atoms with Crippen LogP contribution in [-0.4, -0.2) is 24.5 Å². The van der Waals surface area contributed by atoms with Gasteiger partial charge < -0.3 is 10.1 Å². The highest BCUT2D eigenvalue weighted by Gasteiger charge is 2.30. The van der Waals surface area contributed by atoms with Gasteiger partial charge in [-0.15, -0.1) is 0 Å². The van der Waals surface area contributed by atoms with Gasteiger partial charge in [0, 0.05) is 11.7 Å². The molecule has 1 aliphatic rings. The third-order valence-electron chi connectivity index (χ3n) is 4.13. The number of hydrogen-bond donors (Lipinski definition) is 3. The summed E-state index contributed by atoms with van der Waals surface area (Å²) < 4.78 is 18.0. The summed E-state index contributed by atoms with van der Waals surface area (Å²) in [5.41, 5.74) is 7.80. The summed E-state index contributed by atoms with van der Waals surface area (Å²) in [5, 5.41) is 2.79. The Morgan fingerprint density at radius 2 is 1.96 bits per heavy atom. The molecule has 1 saturated heterocycles. The molecule has 1 fully saturated rings. The van der Waals surface area contributed by atoms with Crippen molar-refractivity contribution in [3.8, 4) is 0 Å². The first-order valence-corrected chi connectivity index (χ1v) is 8.41. The number of anilines is 1. The minimum absolute atomic E-state index is 0.0859. The Balaban J connectivity index is 1.61. The van der Waals surface area contributed by atoms with Gasteiger partial charge in [-0.2, -0.15) is 0 Å². The van der Waals surface area contributed by atoms with Gasteiger partial charge >= 0.3 is 5.97 Å². The van der Waals surface area contributed by atoms with Crippen LogP contribution in [0, 0.1) is 5.82 Å². The molecule has 0 radical (unpaired) electrons. The molecule has 0 saturated carbocycles. The quantitative estimate of drug-likeness (QED) is 0.717. The topological polar surface area (TPSA) is 79.5 Å². The molecule has 0 aromatic heterocycles. The fourth-order valence-electron chi connectivity index (χ4n) is 2.81. The SMILES string of the molecule is CCOC(=O)c1cccc(NC(=O)C2CC(c3ccc(F)cc3)NN2)c1. The summed E-state index contributed by atoms with van der Waals surface area (Å²) in [6.45, 7) is 2.03. The molecule has 3 N–H and O–H groups in total. The lowest BCUT2D eigenvalue weighted by Crippen LogP contribution is -2.39. The number of carbonyl (C=O) groups excluding carboxylic acids is 2. The Morgan fingerprint density at radius 1 is 1.19 bits per heavy atom. The van der Waals surface area contributed by atoms with E-state index >= 15 is 0 Å². The molecule has 3 rings (SSSR count). The van der Waals surface area contributed by atoms with Gasteiger partial charge in [0.2, 0.25) is 5.91 Å². The summed E-state index contributed by atoms with van der Waals surface area (Å²) >= 11 is 0. The van der Waals surface area contributed by atoms with Crippen LogP contribution in [0.4, 0.5) is 10.1 Å². The predicted octanol–water partition coefficient (Wildman–Crippen LogP) is 2.55. The zero-order valence-electron chi connectivity index (χ0n) is 14.3. The van der Waals surface area contributed by atoms with Crippen molar-refractivity contribution >= 4 is 17.6 Å². The van der Waals surface area contributed by atoms with Crippen molar-refractivity contribution in [2.75, 3.05) is 11.9 Å². The number of hydrazine groups is 1. The zero-order valence-corrected chi connectivity index (χ0v) is 14.3. The van der Waals surface area contributed by atoms with Gasteiger partial charge in [-0.1, -0.05) is 18.2 Å². The molecular formula is C19H20FN3O3. The Labute approximate surface area is 150 Å². The van der Waals surface area contributed by atoms with Crippen LogP contribution in [0.3, 0.4) is 0 Å². The van der Waals surface area contributed by atoms with Crippen molar-refractivity contribution in [3.05, 3.63) is 65.5 Å². The monoisotopic (exact) mass is 357 g/mol. The average molecular weight is 357 g/mol. The lowest BCUT2D eigenvalue weighted by atomic mass is 10.0. The first-order valence-electron chi connectivity index (χ1n) is 8.41. The van der Waals surface area contributed by atoms with Crippen molar-refractivity contribution in [2.24, 2.45) is 0 Å². The molecule has 0 spiro atoms. The Hall–Kier alpha value is -2.77. The molecule has 1 heterocycles. The van der Waals surface area contributed by atoms with Gasteiger partial charge in [0.05, 0.1) is 12.2 Å². The molecule has 2 unspecified atom stereocenters. The van der Waals surface area contributed by atoms with Crippen molar-refractivity contribution in [1.29, 1.82) is 0 Å². The normalized spacial score (nSPS) is 19.2. The van der Waals surface area contributed by atoms with E-state index in [1.54, 1.807) is 43.3 Å². The molecule has 6 nitrogen and oxygen atoms in total. The standard InChI is InChI=1S/C19H20FN3O3/c1-2-26-19(25)13-4-3-5-15(10-13)21-18(24)17-11-16(22-23-17)12-6-8-14(20)9-7-12/h3-10,16-17,22-23H,2,11H2,1H3,(H,21,24). The number of ether oxygens (including phenoxy) is 1. The molecule has 136 valence electrons. The van der Waals surface area contributed by atoms with E-state index in [4.69, 9.17) is 4.74 Å². The number of rotatable bonds is 5. The third-order valence-corrected chi connectivity index (χ3v) is 4.13. The van der Waals surface area contributed by atoms with E-state index in [0.29, 0.717) is 17.7 Å². The number of halogens is 1. The van der Waals surface area contributed by atoms with E-state index in [2.05, 4.69) is 16.2 Å². The molecule has 26 heavy (non-hydrogen) atoms. The minimum atomic E-state index is -0.448. The number of carbonyl (C=O) groups is 2. The lowest BCUT2D eigenvalue weighted by Gasteiger charge is -2.11. The number of amides is 1. The highest BCUT2D eigenvalue weighted by Crippen LogP contribution is 2.23. The fraction of sp³-hybridized carbons (Fsp3) is 0.263. The Bertz CT molecular complexity index is 795. The zero-order chi connectivity index (χ0) is 18.5. The van der Waals surface area contributed by atoms with Gasteiger partial charge in [0.25, 0.3) is 0 Å². The van der Waals surface area contributed by atoms with Crippen LogP contribution in [0.1, 0.15) is 35.3 Å². The van der Waals surface area contributed by atoms with Crippen molar-refractivity contribution in [1.82, 2.24) is 10.9 Å². The largest absolute Gasteiger partial charge is 0.462 e. The molecule has 2 aromatic rings. The third kappa shape index (κ3) is 4.25. The van der Waals surface area contributed by atoms with Crippen LogP contribution in [-0.2, 0) is 9.53 Å². The van der Waals surface area contributed by atoms with Gasteiger partial charge in [-0.25, -0.2) is 20.0 Å². The van der Waals surface area contributed by atoms with Crippen LogP contribution in [0.25, 0.3) is 0 Å². The van der Waals surface area contributed by atoms with Crippen molar-refractivity contribution in [3.63, 3.8) is 0 Å². The number of nitrogens with one attached hydrogen (secondary N) is 3. The maximum atomic E-state index is 13.0. The van der Waals surface area contributed by atoms with Crippen LogP contribution in [0.15, 0.2) is 48.5 Å². The van der Waals surface area contributed by atoms with Gasteiger partial charge in [-0.3, -0.25) is 4.79 Å². The van der Waals surface area contributed by atoms with E-state index in [-0.39, 0.29) is 24.4 Å². The van der Waals surface area contributed by atoms with Crippen LogP contribution in [0.2, 0.25) is 0 Å². The maximum Gasteiger partial charge on any atom is 0.338 e. The molecule has 2 atom stereocenters. The van der Waals surface area contributed by atoms with Crippen LogP contribution >= 0.6 is 0 Å².